The Balaban J connectivity index is 1.50. The van der Waals surface area contributed by atoms with E-state index < -0.39 is 6.04 Å². The van der Waals surface area contributed by atoms with E-state index in [1.807, 2.05) is 25.1 Å². The van der Waals surface area contributed by atoms with Gasteiger partial charge in [-0.25, -0.2) is 0 Å². The van der Waals surface area contributed by atoms with Crippen LogP contribution in [-0.4, -0.2) is 26.4 Å². The Morgan fingerprint density at radius 1 is 1.31 bits per heavy atom. The number of aromatic nitrogens is 3. The van der Waals surface area contributed by atoms with Crippen LogP contribution in [0.4, 0.5) is 10.9 Å². The van der Waals surface area contributed by atoms with Crippen LogP contribution in [0.2, 0.25) is 0 Å². The second kappa shape index (κ2) is 10.2. The number of anilines is 2. The molecule has 1 amide bonds. The van der Waals surface area contributed by atoms with Gasteiger partial charge in [-0.1, -0.05) is 49.0 Å². The minimum absolute atomic E-state index is 0.195. The van der Waals surface area contributed by atoms with Crippen molar-refractivity contribution in [1.29, 1.82) is 5.26 Å². The lowest BCUT2D eigenvalue weighted by Gasteiger charge is -2.18. The Morgan fingerprint density at radius 2 is 2.09 bits per heavy atom. The number of nitrogens with two attached hydrogens (primary N) is 1. The predicted molar refractivity (Wildman–Crippen MR) is 129 cm³/mol. The van der Waals surface area contributed by atoms with Gasteiger partial charge >= 0.3 is 0 Å². The molecule has 1 unspecified atom stereocenters. The molecule has 1 atom stereocenters. The molecule has 0 aliphatic heterocycles. The number of rotatable bonds is 8. The first-order chi connectivity index (χ1) is 15.6. The van der Waals surface area contributed by atoms with E-state index in [0.717, 1.165) is 43.4 Å². The van der Waals surface area contributed by atoms with Gasteiger partial charge in [0.05, 0.1) is 5.56 Å². The average Bonchev–Trinajstić information content (AvgIpc) is 3.35. The van der Waals surface area contributed by atoms with Crippen molar-refractivity contribution in [3.63, 3.8) is 0 Å². The van der Waals surface area contributed by atoms with Crippen molar-refractivity contribution in [2.24, 2.45) is 0 Å². The maximum Gasteiger partial charge on any atom is 0.248 e. The molecular formula is C23H26N6OS2. The highest BCUT2D eigenvalue weighted by atomic mass is 32.2. The van der Waals surface area contributed by atoms with E-state index in [2.05, 4.69) is 33.7 Å². The molecule has 0 saturated heterocycles. The number of hydrogen-bond donors (Lipinski definition) is 2. The number of nitrogens with one attached hydrogen (secondary N) is 1. The topological polar surface area (TPSA) is 110 Å². The standard InChI is InChI=1S/C23H26N6OS2/c1-2-18(20(30)26-21-17(14-24)16-10-6-7-11-19(16)32-21)29-22(25)27-28-23(29)31-13-12-15-8-4-3-5-9-15/h3-5,8-9,18H,2,6-7,10-13H2,1H3,(H2,25,27)(H,26,30). The first-order valence-electron chi connectivity index (χ1n) is 10.8. The van der Waals surface area contributed by atoms with Crippen LogP contribution in [0.3, 0.4) is 0 Å². The van der Waals surface area contributed by atoms with E-state index in [9.17, 15) is 10.1 Å². The molecule has 1 aliphatic rings. The summed E-state index contributed by atoms with van der Waals surface area (Å²) in [4.78, 5) is 14.5. The molecule has 0 spiro atoms. The third-order valence-corrected chi connectivity index (χ3v) is 7.83. The summed E-state index contributed by atoms with van der Waals surface area (Å²) < 4.78 is 1.71. The smallest absolute Gasteiger partial charge is 0.248 e. The third-order valence-electron chi connectivity index (χ3n) is 5.68. The zero-order chi connectivity index (χ0) is 22.5. The molecule has 3 aromatic rings. The number of aryl methyl sites for hydroxylation is 2. The number of nitrogens with zero attached hydrogens (tertiary/aromatic N) is 4. The van der Waals surface area contributed by atoms with E-state index in [-0.39, 0.29) is 11.9 Å². The number of carbonyl (C=O) groups excluding carboxylic acids is 1. The summed E-state index contributed by atoms with van der Waals surface area (Å²) >= 11 is 3.07. The monoisotopic (exact) mass is 466 g/mol. The lowest BCUT2D eigenvalue weighted by atomic mass is 9.96. The third kappa shape index (κ3) is 4.66. The average molecular weight is 467 g/mol. The summed E-state index contributed by atoms with van der Waals surface area (Å²) in [5, 5.41) is 22.2. The summed E-state index contributed by atoms with van der Waals surface area (Å²) in [6.45, 7) is 1.94. The predicted octanol–water partition coefficient (Wildman–Crippen LogP) is 4.60. The van der Waals surface area contributed by atoms with E-state index in [0.29, 0.717) is 22.1 Å². The van der Waals surface area contributed by atoms with Gasteiger partial charge in [-0.15, -0.1) is 21.5 Å². The fourth-order valence-corrected chi connectivity index (χ4v) is 6.26. The summed E-state index contributed by atoms with van der Waals surface area (Å²) in [6.07, 6.45) is 5.51. The Labute approximate surface area is 196 Å². The van der Waals surface area contributed by atoms with Crippen LogP contribution in [0.1, 0.15) is 53.8 Å². The second-order valence-electron chi connectivity index (χ2n) is 7.73. The Kier molecular flexibility index (Phi) is 7.12. The van der Waals surface area contributed by atoms with Gasteiger partial charge in [0, 0.05) is 10.6 Å². The van der Waals surface area contributed by atoms with Crippen LogP contribution < -0.4 is 11.1 Å². The fraction of sp³-hybridized carbons (Fsp3) is 0.391. The second-order valence-corrected chi connectivity index (χ2v) is 9.90. The molecule has 166 valence electrons. The molecule has 9 heteroatoms. The lowest BCUT2D eigenvalue weighted by Crippen LogP contribution is -2.27. The Bertz CT molecular complexity index is 1130. The van der Waals surface area contributed by atoms with Crippen LogP contribution in [0, 0.1) is 11.3 Å². The molecule has 0 fully saturated rings. The highest BCUT2D eigenvalue weighted by molar-refractivity contribution is 7.99. The van der Waals surface area contributed by atoms with Gasteiger partial charge in [0.1, 0.15) is 17.1 Å². The van der Waals surface area contributed by atoms with Gasteiger partial charge in [-0.2, -0.15) is 5.26 Å². The minimum atomic E-state index is -0.546. The van der Waals surface area contributed by atoms with Crippen molar-refractivity contribution in [2.45, 2.75) is 56.6 Å². The number of thiophene rings is 1. The lowest BCUT2D eigenvalue weighted by molar-refractivity contribution is -0.119. The Hall–Kier alpha value is -2.83. The fourth-order valence-electron chi connectivity index (χ4n) is 4.04. The van der Waals surface area contributed by atoms with E-state index in [1.165, 1.54) is 33.5 Å². The highest BCUT2D eigenvalue weighted by Crippen LogP contribution is 2.38. The number of nitriles is 1. The van der Waals surface area contributed by atoms with Crippen LogP contribution in [0.25, 0.3) is 0 Å². The quantitative estimate of drug-likeness (QED) is 0.470. The molecule has 0 bridgehead atoms. The number of hydrogen-bond acceptors (Lipinski definition) is 7. The van der Waals surface area contributed by atoms with Gasteiger partial charge in [0.15, 0.2) is 5.16 Å². The van der Waals surface area contributed by atoms with Crippen LogP contribution in [-0.2, 0) is 24.1 Å². The Morgan fingerprint density at radius 3 is 2.84 bits per heavy atom. The van der Waals surface area contributed by atoms with Crippen molar-refractivity contribution in [3.8, 4) is 6.07 Å². The number of carbonyl (C=O) groups is 1. The highest BCUT2D eigenvalue weighted by Gasteiger charge is 2.28. The van der Waals surface area contributed by atoms with Crippen LogP contribution in [0.5, 0.6) is 0 Å². The zero-order valence-electron chi connectivity index (χ0n) is 18.0. The van der Waals surface area contributed by atoms with E-state index in [1.54, 1.807) is 4.57 Å². The number of thioether (sulfide) groups is 1. The maximum absolute atomic E-state index is 13.3. The van der Waals surface area contributed by atoms with Crippen molar-refractivity contribution >= 4 is 40.0 Å². The molecule has 32 heavy (non-hydrogen) atoms. The normalized spacial score (nSPS) is 13.9. The number of benzene rings is 1. The number of fused-ring (bicyclic) bond motifs is 1. The SMILES string of the molecule is CCC(C(=O)Nc1sc2c(c1C#N)CCCC2)n1c(N)nnc1SCCc1ccccc1. The molecule has 4 rings (SSSR count). The first-order valence-corrected chi connectivity index (χ1v) is 12.6. The molecule has 0 radical (unpaired) electrons. The maximum atomic E-state index is 13.3. The van der Waals surface area contributed by atoms with Gasteiger partial charge < -0.3 is 11.1 Å². The van der Waals surface area contributed by atoms with E-state index in [4.69, 9.17) is 5.73 Å². The minimum Gasteiger partial charge on any atom is -0.368 e. The summed E-state index contributed by atoms with van der Waals surface area (Å²) in [6, 6.07) is 12.0. The zero-order valence-corrected chi connectivity index (χ0v) is 19.6. The van der Waals surface area contributed by atoms with Crippen molar-refractivity contribution in [1.82, 2.24) is 14.8 Å². The largest absolute Gasteiger partial charge is 0.368 e. The summed E-state index contributed by atoms with van der Waals surface area (Å²) in [7, 11) is 0. The molecule has 1 aliphatic carbocycles. The molecule has 1 aromatic carbocycles. The molecule has 2 aromatic heterocycles. The first kappa shape index (κ1) is 22.4. The van der Waals surface area contributed by atoms with Crippen LogP contribution >= 0.6 is 23.1 Å². The number of nitrogen functional groups attached to an aromatic ring is 1. The molecule has 0 saturated carbocycles. The van der Waals surface area contributed by atoms with Gasteiger partial charge in [-0.3, -0.25) is 9.36 Å². The molecule has 2 heterocycles. The van der Waals surface area contributed by atoms with E-state index >= 15 is 0 Å². The van der Waals surface area contributed by atoms with Gasteiger partial charge in [0.2, 0.25) is 11.9 Å². The molecule has 7 nitrogen and oxygen atoms in total. The molecule has 3 N–H and O–H groups in total. The van der Waals surface area contributed by atoms with Crippen molar-refractivity contribution in [3.05, 3.63) is 51.9 Å². The molecular weight excluding hydrogens is 440 g/mol. The van der Waals surface area contributed by atoms with Crippen LogP contribution in [0.15, 0.2) is 35.5 Å². The summed E-state index contributed by atoms with van der Waals surface area (Å²) in [5.74, 6) is 0.829. The van der Waals surface area contributed by atoms with Gasteiger partial charge in [0.25, 0.3) is 0 Å². The summed E-state index contributed by atoms with van der Waals surface area (Å²) in [5.41, 5.74) is 9.08. The number of amides is 1. The van der Waals surface area contributed by atoms with Gasteiger partial charge in [-0.05, 0) is 49.7 Å². The van der Waals surface area contributed by atoms with Crippen molar-refractivity contribution in [2.75, 3.05) is 16.8 Å². The van der Waals surface area contributed by atoms with Crippen molar-refractivity contribution < 1.29 is 4.79 Å².